The molecule has 5 nitrogen and oxygen atoms in total. The standard InChI is InChI=1S/C26H21N3O2S2/c1-15-22(17-10-5-6-12-19(17)27-15)20(30)14-32-26-28-24-23(18-11-7-13-21(18)33-24)25(31)29(26)16-8-3-2-4-9-16/h2-6,8-10,12,27H,7,11,13-14H2,1H3. The van der Waals surface area contributed by atoms with E-state index in [2.05, 4.69) is 4.98 Å². The van der Waals surface area contributed by atoms with Gasteiger partial charge in [0.15, 0.2) is 10.9 Å². The van der Waals surface area contributed by atoms with E-state index in [1.165, 1.54) is 22.2 Å². The van der Waals surface area contributed by atoms with Crippen LogP contribution in [0.1, 0.15) is 32.9 Å². The Labute approximate surface area is 198 Å². The van der Waals surface area contributed by atoms with E-state index < -0.39 is 0 Å². The zero-order valence-corrected chi connectivity index (χ0v) is 19.7. The third-order valence-electron chi connectivity index (χ3n) is 6.23. The SMILES string of the molecule is Cc1[nH]c2ccccc2c1C(=O)CSc1nc2sc3c(c2c(=O)n1-c1ccccc1)CCC3. The molecule has 0 saturated carbocycles. The summed E-state index contributed by atoms with van der Waals surface area (Å²) in [4.78, 5) is 37.2. The molecular weight excluding hydrogens is 450 g/mol. The van der Waals surface area contributed by atoms with Crippen LogP contribution in [0.4, 0.5) is 0 Å². The Morgan fingerprint density at radius 2 is 1.91 bits per heavy atom. The van der Waals surface area contributed by atoms with E-state index in [4.69, 9.17) is 4.98 Å². The van der Waals surface area contributed by atoms with Gasteiger partial charge in [-0.2, -0.15) is 0 Å². The lowest BCUT2D eigenvalue weighted by Crippen LogP contribution is -2.22. The third kappa shape index (κ3) is 3.34. The maximum Gasteiger partial charge on any atom is 0.267 e. The van der Waals surface area contributed by atoms with Crippen molar-refractivity contribution in [1.82, 2.24) is 14.5 Å². The molecule has 6 rings (SSSR count). The number of thiophene rings is 1. The largest absolute Gasteiger partial charge is 0.358 e. The lowest BCUT2D eigenvalue weighted by atomic mass is 10.1. The fourth-order valence-corrected chi connectivity index (χ4v) is 6.95. The first-order valence-electron chi connectivity index (χ1n) is 11.0. The lowest BCUT2D eigenvalue weighted by Gasteiger charge is -2.12. The van der Waals surface area contributed by atoms with Crippen LogP contribution in [-0.4, -0.2) is 26.1 Å². The van der Waals surface area contributed by atoms with E-state index in [1.807, 2.05) is 61.5 Å². The molecule has 1 N–H and O–H groups in total. The highest BCUT2D eigenvalue weighted by Gasteiger charge is 2.24. The molecule has 7 heteroatoms. The molecule has 0 unspecified atom stereocenters. The number of hydrogen-bond acceptors (Lipinski definition) is 5. The lowest BCUT2D eigenvalue weighted by molar-refractivity contribution is 0.102. The molecule has 0 fully saturated rings. The van der Waals surface area contributed by atoms with Crippen LogP contribution >= 0.6 is 23.1 Å². The first-order valence-corrected chi connectivity index (χ1v) is 12.8. The summed E-state index contributed by atoms with van der Waals surface area (Å²) in [6.45, 7) is 1.93. The summed E-state index contributed by atoms with van der Waals surface area (Å²) >= 11 is 2.96. The Kier molecular flexibility index (Phi) is 4.96. The molecule has 0 atom stereocenters. The molecule has 0 bridgehead atoms. The fourth-order valence-electron chi connectivity index (χ4n) is 4.76. The van der Waals surface area contributed by atoms with Crippen LogP contribution in [0.25, 0.3) is 26.8 Å². The molecule has 0 radical (unpaired) electrons. The minimum Gasteiger partial charge on any atom is -0.358 e. The number of aromatic amines is 1. The number of H-pyrrole nitrogens is 1. The first kappa shape index (κ1) is 20.4. The molecular formula is C26H21N3O2S2. The molecule has 3 heterocycles. The summed E-state index contributed by atoms with van der Waals surface area (Å²) in [5.41, 5.74) is 4.43. The quantitative estimate of drug-likeness (QED) is 0.203. The zero-order valence-electron chi connectivity index (χ0n) is 18.1. The number of benzene rings is 2. The number of carbonyl (C=O) groups excluding carboxylic acids is 1. The highest BCUT2D eigenvalue weighted by molar-refractivity contribution is 7.99. The predicted molar refractivity (Wildman–Crippen MR) is 135 cm³/mol. The van der Waals surface area contributed by atoms with Crippen molar-refractivity contribution in [2.24, 2.45) is 0 Å². The van der Waals surface area contributed by atoms with Crippen molar-refractivity contribution < 1.29 is 4.79 Å². The van der Waals surface area contributed by atoms with Gasteiger partial charge in [0.1, 0.15) is 4.83 Å². The molecule has 0 amide bonds. The van der Waals surface area contributed by atoms with Crippen LogP contribution in [0, 0.1) is 6.92 Å². The second-order valence-electron chi connectivity index (χ2n) is 8.29. The van der Waals surface area contributed by atoms with Gasteiger partial charge in [-0.05, 0) is 49.9 Å². The summed E-state index contributed by atoms with van der Waals surface area (Å²) in [6, 6.07) is 17.4. The monoisotopic (exact) mass is 471 g/mol. The first-order chi connectivity index (χ1) is 16.1. The van der Waals surface area contributed by atoms with Crippen molar-refractivity contribution in [3.63, 3.8) is 0 Å². The number of aromatic nitrogens is 3. The van der Waals surface area contributed by atoms with Crippen molar-refractivity contribution >= 4 is 50.0 Å². The number of nitrogens with zero attached hydrogens (tertiary/aromatic N) is 2. The number of nitrogens with one attached hydrogen (secondary N) is 1. The van der Waals surface area contributed by atoms with Crippen LogP contribution in [0.3, 0.4) is 0 Å². The van der Waals surface area contributed by atoms with Crippen LogP contribution in [0.5, 0.6) is 0 Å². The molecule has 5 aromatic rings. The summed E-state index contributed by atoms with van der Waals surface area (Å²) in [7, 11) is 0. The second kappa shape index (κ2) is 8.01. The maximum absolute atomic E-state index is 13.7. The predicted octanol–water partition coefficient (Wildman–Crippen LogP) is 5.70. The minimum atomic E-state index is -0.0381. The summed E-state index contributed by atoms with van der Waals surface area (Å²) in [5.74, 6) is 0.232. The number of para-hydroxylation sites is 2. The average Bonchev–Trinajstić information content (AvgIpc) is 3.50. The number of fused-ring (bicyclic) bond motifs is 4. The van der Waals surface area contributed by atoms with Gasteiger partial charge in [0.2, 0.25) is 0 Å². The van der Waals surface area contributed by atoms with Gasteiger partial charge in [-0.3, -0.25) is 14.2 Å². The summed E-state index contributed by atoms with van der Waals surface area (Å²) in [6.07, 6.45) is 3.05. The molecule has 164 valence electrons. The normalized spacial score (nSPS) is 13.1. The third-order valence-corrected chi connectivity index (χ3v) is 8.35. The van der Waals surface area contributed by atoms with Gasteiger partial charge < -0.3 is 4.98 Å². The van der Waals surface area contributed by atoms with Gasteiger partial charge in [0.05, 0.1) is 16.8 Å². The Morgan fingerprint density at radius 3 is 2.76 bits per heavy atom. The average molecular weight is 472 g/mol. The van der Waals surface area contributed by atoms with Gasteiger partial charge in [-0.25, -0.2) is 4.98 Å². The number of Topliss-reactive ketones (excluding diaryl/α,β-unsaturated/α-hetero) is 1. The Bertz CT molecular complexity index is 1600. The van der Waals surface area contributed by atoms with Crippen molar-refractivity contribution in [3.8, 4) is 5.69 Å². The van der Waals surface area contributed by atoms with Crippen molar-refractivity contribution in [1.29, 1.82) is 0 Å². The van der Waals surface area contributed by atoms with Crippen LogP contribution in [0.15, 0.2) is 64.5 Å². The number of rotatable bonds is 5. The smallest absolute Gasteiger partial charge is 0.267 e. The topological polar surface area (TPSA) is 67.8 Å². The molecule has 3 aromatic heterocycles. The molecule has 0 saturated heterocycles. The van der Waals surface area contributed by atoms with Gasteiger partial charge >= 0.3 is 0 Å². The van der Waals surface area contributed by atoms with Gasteiger partial charge in [-0.1, -0.05) is 48.2 Å². The summed E-state index contributed by atoms with van der Waals surface area (Å²) in [5, 5.41) is 2.24. The molecule has 0 aliphatic heterocycles. The van der Waals surface area contributed by atoms with Crippen LogP contribution in [0.2, 0.25) is 0 Å². The molecule has 1 aliphatic rings. The molecule has 1 aliphatic carbocycles. The Hall–Kier alpha value is -3.16. The number of carbonyl (C=O) groups is 1. The molecule has 33 heavy (non-hydrogen) atoms. The van der Waals surface area contributed by atoms with Crippen molar-refractivity contribution in [2.75, 3.05) is 5.75 Å². The fraction of sp³-hybridized carbons (Fsp3) is 0.192. The van der Waals surface area contributed by atoms with E-state index in [1.54, 1.807) is 15.9 Å². The van der Waals surface area contributed by atoms with E-state index in [-0.39, 0.29) is 17.1 Å². The Morgan fingerprint density at radius 1 is 1.12 bits per heavy atom. The zero-order chi connectivity index (χ0) is 22.5. The van der Waals surface area contributed by atoms with Crippen molar-refractivity contribution in [2.45, 2.75) is 31.3 Å². The number of ketones is 1. The Balaban J connectivity index is 1.43. The van der Waals surface area contributed by atoms with Crippen LogP contribution < -0.4 is 5.56 Å². The summed E-state index contributed by atoms with van der Waals surface area (Å²) < 4.78 is 1.67. The van der Waals surface area contributed by atoms with E-state index in [9.17, 15) is 9.59 Å². The number of thioether (sulfide) groups is 1. The highest BCUT2D eigenvalue weighted by Crippen LogP contribution is 2.36. The maximum atomic E-state index is 13.7. The minimum absolute atomic E-state index is 0.0255. The second-order valence-corrected chi connectivity index (χ2v) is 10.3. The molecule has 0 spiro atoms. The van der Waals surface area contributed by atoms with Gasteiger partial charge in [-0.15, -0.1) is 11.3 Å². The van der Waals surface area contributed by atoms with E-state index in [0.717, 1.165) is 51.8 Å². The number of hydrogen-bond donors (Lipinski definition) is 1. The van der Waals surface area contributed by atoms with E-state index in [0.29, 0.717) is 10.7 Å². The van der Waals surface area contributed by atoms with Crippen LogP contribution in [-0.2, 0) is 12.8 Å². The van der Waals surface area contributed by atoms with Crippen molar-refractivity contribution in [3.05, 3.63) is 86.6 Å². The highest BCUT2D eigenvalue weighted by atomic mass is 32.2. The van der Waals surface area contributed by atoms with Gasteiger partial charge in [0.25, 0.3) is 5.56 Å². The van der Waals surface area contributed by atoms with Gasteiger partial charge in [0, 0.05) is 27.0 Å². The molecule has 2 aromatic carbocycles. The number of aryl methyl sites for hydroxylation is 3. The van der Waals surface area contributed by atoms with E-state index >= 15 is 0 Å².